The van der Waals surface area contributed by atoms with Crippen LogP contribution in [0.15, 0.2) is 84.9 Å². The number of fused-ring (bicyclic) bond motifs is 1. The second-order valence-corrected chi connectivity index (χ2v) is 6.38. The number of hydrogen-bond acceptors (Lipinski definition) is 1. The number of benzene rings is 3. The summed E-state index contributed by atoms with van der Waals surface area (Å²) in [7, 11) is 0. The van der Waals surface area contributed by atoms with Gasteiger partial charge in [-0.25, -0.2) is 0 Å². The van der Waals surface area contributed by atoms with Crippen LogP contribution in [0, 0.1) is 0 Å². The van der Waals surface area contributed by atoms with Crippen LogP contribution in [0.3, 0.4) is 0 Å². The van der Waals surface area contributed by atoms with Gasteiger partial charge < -0.3 is 10.3 Å². The highest BCUT2D eigenvalue weighted by atomic mass is 16.1. The van der Waals surface area contributed by atoms with Crippen LogP contribution in [0.1, 0.15) is 27.2 Å². The van der Waals surface area contributed by atoms with Gasteiger partial charge in [-0.05, 0) is 41.1 Å². The van der Waals surface area contributed by atoms with Crippen LogP contribution in [-0.4, -0.2) is 10.9 Å². The monoisotopic (exact) mass is 340 g/mol. The fourth-order valence-electron chi connectivity index (χ4n) is 3.21. The van der Waals surface area contributed by atoms with E-state index in [-0.39, 0.29) is 5.91 Å². The quantitative estimate of drug-likeness (QED) is 0.544. The van der Waals surface area contributed by atoms with Gasteiger partial charge in [0.2, 0.25) is 0 Å². The lowest BCUT2D eigenvalue weighted by Crippen LogP contribution is -2.24. The normalized spacial score (nSPS) is 10.8. The number of aromatic amines is 1. The van der Waals surface area contributed by atoms with Crippen LogP contribution in [0.5, 0.6) is 0 Å². The molecule has 0 unspecified atom stereocenters. The number of carbonyl (C=O) groups is 1. The molecule has 3 nitrogen and oxygen atoms in total. The molecule has 4 rings (SSSR count). The van der Waals surface area contributed by atoms with E-state index in [1.165, 1.54) is 5.56 Å². The van der Waals surface area contributed by atoms with Gasteiger partial charge in [0.25, 0.3) is 5.91 Å². The van der Waals surface area contributed by atoms with E-state index in [4.69, 9.17) is 0 Å². The van der Waals surface area contributed by atoms with Gasteiger partial charge in [0.15, 0.2) is 0 Å². The summed E-state index contributed by atoms with van der Waals surface area (Å²) in [6.07, 6.45) is 0.747. The van der Waals surface area contributed by atoms with Crippen molar-refractivity contribution in [1.29, 1.82) is 0 Å². The average molecular weight is 340 g/mol. The Bertz CT molecular complexity index is 1000. The van der Waals surface area contributed by atoms with Crippen molar-refractivity contribution in [1.82, 2.24) is 10.3 Å². The molecule has 0 atom stereocenters. The fraction of sp³-hybridized carbons (Fsp3) is 0.0870. The number of carbonyl (C=O) groups excluding carboxylic acids is 1. The summed E-state index contributed by atoms with van der Waals surface area (Å²) in [5, 5.41) is 4.19. The Labute approximate surface area is 152 Å². The standard InChI is InChI=1S/C23H20N2O/c26-23(24-16-20-15-19-11-5-7-13-22(19)25-20)21-12-6-4-10-18(21)14-17-8-2-1-3-9-17/h1-13,15,25H,14,16H2,(H,24,26). The lowest BCUT2D eigenvalue weighted by molar-refractivity contribution is 0.0949. The third-order valence-corrected chi connectivity index (χ3v) is 4.52. The zero-order chi connectivity index (χ0) is 17.8. The van der Waals surface area contributed by atoms with Crippen molar-refractivity contribution in [2.24, 2.45) is 0 Å². The molecule has 0 fully saturated rings. The SMILES string of the molecule is O=C(NCc1cc2ccccc2[nH]1)c1ccccc1Cc1ccccc1. The third kappa shape index (κ3) is 3.52. The van der Waals surface area contributed by atoms with E-state index < -0.39 is 0 Å². The van der Waals surface area contributed by atoms with Crippen molar-refractivity contribution in [3.8, 4) is 0 Å². The maximum atomic E-state index is 12.7. The number of hydrogen-bond donors (Lipinski definition) is 2. The van der Waals surface area contributed by atoms with Crippen molar-refractivity contribution in [3.63, 3.8) is 0 Å². The van der Waals surface area contributed by atoms with Crippen LogP contribution in [0.4, 0.5) is 0 Å². The van der Waals surface area contributed by atoms with Gasteiger partial charge in [-0.15, -0.1) is 0 Å². The molecule has 1 heterocycles. The predicted molar refractivity (Wildman–Crippen MR) is 105 cm³/mol. The molecule has 0 saturated heterocycles. The van der Waals surface area contributed by atoms with Crippen molar-refractivity contribution in [2.45, 2.75) is 13.0 Å². The van der Waals surface area contributed by atoms with Crippen LogP contribution in [-0.2, 0) is 13.0 Å². The second-order valence-electron chi connectivity index (χ2n) is 6.38. The molecule has 3 heteroatoms. The van der Waals surface area contributed by atoms with E-state index in [1.54, 1.807) is 0 Å². The Morgan fingerprint density at radius 1 is 0.846 bits per heavy atom. The third-order valence-electron chi connectivity index (χ3n) is 4.52. The number of rotatable bonds is 5. The molecule has 3 aromatic carbocycles. The molecule has 0 spiro atoms. The average Bonchev–Trinajstić information content (AvgIpc) is 3.10. The molecule has 1 amide bonds. The summed E-state index contributed by atoms with van der Waals surface area (Å²) in [5.74, 6) is -0.0461. The highest BCUT2D eigenvalue weighted by Gasteiger charge is 2.11. The van der Waals surface area contributed by atoms with E-state index in [2.05, 4.69) is 34.6 Å². The van der Waals surface area contributed by atoms with E-state index in [1.807, 2.05) is 60.7 Å². The van der Waals surface area contributed by atoms with Crippen LogP contribution >= 0.6 is 0 Å². The molecule has 0 aliphatic carbocycles. The Kier molecular flexibility index (Phi) is 4.52. The fourth-order valence-corrected chi connectivity index (χ4v) is 3.21. The summed E-state index contributed by atoms with van der Waals surface area (Å²) in [6, 6.07) is 28.2. The number of amides is 1. The van der Waals surface area contributed by atoms with E-state index in [0.29, 0.717) is 6.54 Å². The predicted octanol–water partition coefficient (Wildman–Crippen LogP) is 4.69. The molecular formula is C23H20N2O. The molecule has 4 aromatic rings. The van der Waals surface area contributed by atoms with Crippen LogP contribution < -0.4 is 5.32 Å². The minimum absolute atomic E-state index is 0.0461. The first-order valence-electron chi connectivity index (χ1n) is 8.76. The van der Waals surface area contributed by atoms with E-state index >= 15 is 0 Å². The second kappa shape index (κ2) is 7.28. The highest BCUT2D eigenvalue weighted by Crippen LogP contribution is 2.16. The number of para-hydroxylation sites is 1. The first-order chi connectivity index (χ1) is 12.8. The van der Waals surface area contributed by atoms with Crippen molar-refractivity contribution in [3.05, 3.63) is 107 Å². The Balaban J connectivity index is 1.49. The van der Waals surface area contributed by atoms with E-state index in [9.17, 15) is 4.79 Å². The lowest BCUT2D eigenvalue weighted by Gasteiger charge is -2.10. The minimum atomic E-state index is -0.0461. The molecule has 0 saturated carbocycles. The topological polar surface area (TPSA) is 44.9 Å². The summed E-state index contributed by atoms with van der Waals surface area (Å²) in [5.41, 5.74) is 5.05. The zero-order valence-corrected chi connectivity index (χ0v) is 14.4. The van der Waals surface area contributed by atoms with Gasteiger partial charge in [-0.1, -0.05) is 66.7 Å². The first kappa shape index (κ1) is 16.2. The van der Waals surface area contributed by atoms with Crippen LogP contribution in [0.25, 0.3) is 10.9 Å². The van der Waals surface area contributed by atoms with E-state index in [0.717, 1.165) is 34.1 Å². The molecule has 1 aromatic heterocycles. The van der Waals surface area contributed by atoms with Gasteiger partial charge in [-0.3, -0.25) is 4.79 Å². The molecule has 128 valence electrons. The Morgan fingerprint density at radius 2 is 1.58 bits per heavy atom. The smallest absolute Gasteiger partial charge is 0.251 e. The maximum Gasteiger partial charge on any atom is 0.251 e. The van der Waals surface area contributed by atoms with Crippen molar-refractivity contribution >= 4 is 16.8 Å². The molecule has 0 aliphatic rings. The lowest BCUT2D eigenvalue weighted by atomic mass is 9.99. The molecule has 0 aliphatic heterocycles. The summed E-state index contributed by atoms with van der Waals surface area (Å²) in [4.78, 5) is 16.1. The highest BCUT2D eigenvalue weighted by molar-refractivity contribution is 5.95. The summed E-state index contributed by atoms with van der Waals surface area (Å²) >= 11 is 0. The molecule has 0 bridgehead atoms. The molecule has 2 N–H and O–H groups in total. The number of nitrogens with one attached hydrogen (secondary N) is 2. The molecule has 0 radical (unpaired) electrons. The Morgan fingerprint density at radius 3 is 2.42 bits per heavy atom. The zero-order valence-electron chi connectivity index (χ0n) is 14.4. The maximum absolute atomic E-state index is 12.7. The summed E-state index contributed by atoms with van der Waals surface area (Å²) in [6.45, 7) is 0.479. The Hall–Kier alpha value is -3.33. The largest absolute Gasteiger partial charge is 0.357 e. The molecular weight excluding hydrogens is 320 g/mol. The first-order valence-corrected chi connectivity index (χ1v) is 8.76. The number of H-pyrrole nitrogens is 1. The van der Waals surface area contributed by atoms with Crippen LogP contribution in [0.2, 0.25) is 0 Å². The van der Waals surface area contributed by atoms with Crippen molar-refractivity contribution < 1.29 is 4.79 Å². The van der Waals surface area contributed by atoms with Gasteiger partial charge >= 0.3 is 0 Å². The number of aromatic nitrogens is 1. The minimum Gasteiger partial charge on any atom is -0.357 e. The van der Waals surface area contributed by atoms with Gasteiger partial charge in [0.1, 0.15) is 0 Å². The summed E-state index contributed by atoms with van der Waals surface area (Å²) < 4.78 is 0. The van der Waals surface area contributed by atoms with Crippen molar-refractivity contribution in [2.75, 3.05) is 0 Å². The molecule has 26 heavy (non-hydrogen) atoms. The van der Waals surface area contributed by atoms with Gasteiger partial charge in [0.05, 0.1) is 6.54 Å². The van der Waals surface area contributed by atoms with Gasteiger partial charge in [-0.2, -0.15) is 0 Å². The van der Waals surface area contributed by atoms with Gasteiger partial charge in [0, 0.05) is 16.8 Å².